The van der Waals surface area contributed by atoms with E-state index < -0.39 is 17.7 Å². The lowest BCUT2D eigenvalue weighted by Gasteiger charge is -2.30. The Morgan fingerprint density at radius 3 is 2.27 bits per heavy atom. The number of rotatable bonds is 3. The third-order valence-electron chi connectivity index (χ3n) is 4.73. The van der Waals surface area contributed by atoms with Gasteiger partial charge in [0.05, 0.1) is 11.6 Å². The molecule has 0 atom stereocenters. The van der Waals surface area contributed by atoms with E-state index >= 15 is 0 Å². The molecule has 1 fully saturated rings. The highest BCUT2D eigenvalue weighted by molar-refractivity contribution is 6.30. The van der Waals surface area contributed by atoms with Crippen LogP contribution in [-0.4, -0.2) is 22.0 Å². The number of halogens is 4. The van der Waals surface area contributed by atoms with Crippen LogP contribution in [0.3, 0.4) is 0 Å². The molecular formula is C18H16ClF3N2O2. The van der Waals surface area contributed by atoms with Gasteiger partial charge >= 0.3 is 6.18 Å². The van der Waals surface area contributed by atoms with Crippen LogP contribution < -0.4 is 5.56 Å². The molecule has 0 spiro atoms. The average Bonchev–Trinajstić information content (AvgIpc) is 2.61. The fourth-order valence-corrected chi connectivity index (χ4v) is 3.51. The summed E-state index contributed by atoms with van der Waals surface area (Å²) in [6, 6.07) is 7.61. The SMILES string of the molecule is O=Cc1cc(=O)n(-c2ccc(Cl)cc2)c(C2CCC(C(F)(F)F)CC2)n1. The Balaban J connectivity index is 2.00. The van der Waals surface area contributed by atoms with E-state index in [4.69, 9.17) is 11.6 Å². The van der Waals surface area contributed by atoms with Crippen molar-refractivity contribution in [2.45, 2.75) is 37.8 Å². The van der Waals surface area contributed by atoms with Gasteiger partial charge in [-0.2, -0.15) is 13.2 Å². The highest BCUT2D eigenvalue weighted by Crippen LogP contribution is 2.42. The van der Waals surface area contributed by atoms with E-state index in [-0.39, 0.29) is 37.3 Å². The molecule has 138 valence electrons. The summed E-state index contributed by atoms with van der Waals surface area (Å²) in [6.07, 6.45) is -3.26. The Morgan fingerprint density at radius 2 is 1.73 bits per heavy atom. The van der Waals surface area contributed by atoms with E-state index in [1.807, 2.05) is 0 Å². The van der Waals surface area contributed by atoms with Crippen LogP contribution in [0.4, 0.5) is 13.2 Å². The van der Waals surface area contributed by atoms with Gasteiger partial charge in [0, 0.05) is 17.0 Å². The Labute approximate surface area is 152 Å². The normalized spacial score (nSPS) is 20.8. The van der Waals surface area contributed by atoms with E-state index in [1.165, 1.54) is 4.57 Å². The lowest BCUT2D eigenvalue weighted by Crippen LogP contribution is -2.31. The largest absolute Gasteiger partial charge is 0.391 e. The maximum Gasteiger partial charge on any atom is 0.391 e. The molecule has 8 heteroatoms. The highest BCUT2D eigenvalue weighted by Gasteiger charge is 2.42. The van der Waals surface area contributed by atoms with Gasteiger partial charge in [-0.3, -0.25) is 14.2 Å². The molecule has 26 heavy (non-hydrogen) atoms. The topological polar surface area (TPSA) is 52.0 Å². The number of carbonyl (C=O) groups excluding carboxylic acids is 1. The zero-order chi connectivity index (χ0) is 18.9. The number of carbonyl (C=O) groups is 1. The Hall–Kier alpha value is -2.15. The Morgan fingerprint density at radius 1 is 1.12 bits per heavy atom. The van der Waals surface area contributed by atoms with Gasteiger partial charge in [-0.1, -0.05) is 11.6 Å². The van der Waals surface area contributed by atoms with Gasteiger partial charge in [-0.25, -0.2) is 4.98 Å². The fourth-order valence-electron chi connectivity index (χ4n) is 3.38. The lowest BCUT2D eigenvalue weighted by atomic mass is 9.81. The summed E-state index contributed by atoms with van der Waals surface area (Å²) in [5.41, 5.74) is 0.0443. The van der Waals surface area contributed by atoms with Crippen LogP contribution in [0.1, 0.15) is 47.9 Å². The second-order valence-corrected chi connectivity index (χ2v) is 6.83. The van der Waals surface area contributed by atoms with Crippen molar-refractivity contribution in [1.82, 2.24) is 9.55 Å². The minimum Gasteiger partial charge on any atom is -0.296 e. The molecule has 1 saturated carbocycles. The third-order valence-corrected chi connectivity index (χ3v) is 4.98. The van der Waals surface area contributed by atoms with Gasteiger partial charge in [-0.05, 0) is 49.9 Å². The summed E-state index contributed by atoms with van der Waals surface area (Å²) < 4.78 is 40.1. The summed E-state index contributed by atoms with van der Waals surface area (Å²) >= 11 is 5.88. The monoisotopic (exact) mass is 384 g/mol. The first-order valence-electron chi connectivity index (χ1n) is 8.21. The number of alkyl halides is 3. The fraction of sp³-hybridized carbons (Fsp3) is 0.389. The quantitative estimate of drug-likeness (QED) is 0.730. The van der Waals surface area contributed by atoms with Crippen molar-refractivity contribution in [3.05, 3.63) is 57.2 Å². The maximum absolute atomic E-state index is 12.9. The zero-order valence-electron chi connectivity index (χ0n) is 13.7. The highest BCUT2D eigenvalue weighted by atomic mass is 35.5. The molecule has 0 amide bonds. The van der Waals surface area contributed by atoms with Gasteiger partial charge < -0.3 is 0 Å². The molecule has 1 heterocycles. The molecule has 2 aromatic rings. The number of aldehydes is 1. The van der Waals surface area contributed by atoms with Gasteiger partial charge in [0.15, 0.2) is 6.29 Å². The van der Waals surface area contributed by atoms with E-state index in [0.717, 1.165) is 6.07 Å². The summed E-state index contributed by atoms with van der Waals surface area (Å²) in [5.74, 6) is -1.33. The first-order valence-corrected chi connectivity index (χ1v) is 8.59. The van der Waals surface area contributed by atoms with Crippen LogP contribution in [0.2, 0.25) is 5.02 Å². The molecule has 1 aromatic carbocycles. The van der Waals surface area contributed by atoms with Crippen LogP contribution >= 0.6 is 11.6 Å². The van der Waals surface area contributed by atoms with Crippen LogP contribution in [0, 0.1) is 5.92 Å². The molecule has 0 bridgehead atoms. The van der Waals surface area contributed by atoms with Crippen molar-refractivity contribution < 1.29 is 18.0 Å². The summed E-state index contributed by atoms with van der Waals surface area (Å²) in [5, 5.41) is 0.492. The molecule has 1 aliphatic carbocycles. The first-order chi connectivity index (χ1) is 12.3. The maximum atomic E-state index is 12.9. The number of hydrogen-bond acceptors (Lipinski definition) is 3. The third kappa shape index (κ3) is 3.82. The number of aromatic nitrogens is 2. The molecule has 0 N–H and O–H groups in total. The van der Waals surface area contributed by atoms with Crippen LogP contribution in [0.25, 0.3) is 5.69 Å². The van der Waals surface area contributed by atoms with Gasteiger partial charge in [0.1, 0.15) is 11.5 Å². The van der Waals surface area contributed by atoms with E-state index in [1.54, 1.807) is 24.3 Å². The van der Waals surface area contributed by atoms with E-state index in [2.05, 4.69) is 4.98 Å². The second kappa shape index (κ2) is 7.23. The van der Waals surface area contributed by atoms with E-state index in [9.17, 15) is 22.8 Å². The Kier molecular flexibility index (Phi) is 5.18. The second-order valence-electron chi connectivity index (χ2n) is 6.40. The molecule has 0 saturated heterocycles. The van der Waals surface area contributed by atoms with Crippen molar-refractivity contribution in [1.29, 1.82) is 0 Å². The number of nitrogens with zero attached hydrogens (tertiary/aromatic N) is 2. The molecule has 0 radical (unpaired) electrons. The molecule has 1 aromatic heterocycles. The van der Waals surface area contributed by atoms with Crippen molar-refractivity contribution >= 4 is 17.9 Å². The van der Waals surface area contributed by atoms with Gasteiger partial charge in [-0.15, -0.1) is 0 Å². The standard InChI is InChI=1S/C18H16ClF3N2O2/c19-13-5-7-15(8-6-13)24-16(26)9-14(10-25)23-17(24)11-1-3-12(4-2-11)18(20,21)22/h5-12H,1-4H2. The Bertz CT molecular complexity index is 854. The van der Waals surface area contributed by atoms with Gasteiger partial charge in [0.2, 0.25) is 0 Å². The van der Waals surface area contributed by atoms with Crippen molar-refractivity contribution in [2.24, 2.45) is 5.92 Å². The molecule has 3 rings (SSSR count). The number of benzene rings is 1. The van der Waals surface area contributed by atoms with Crippen molar-refractivity contribution in [3.63, 3.8) is 0 Å². The molecular weight excluding hydrogens is 369 g/mol. The summed E-state index contributed by atoms with van der Waals surface area (Å²) in [6.45, 7) is 0. The average molecular weight is 385 g/mol. The minimum atomic E-state index is -4.21. The van der Waals surface area contributed by atoms with Gasteiger partial charge in [0.25, 0.3) is 5.56 Å². The lowest BCUT2D eigenvalue weighted by molar-refractivity contribution is -0.182. The smallest absolute Gasteiger partial charge is 0.296 e. The van der Waals surface area contributed by atoms with Crippen LogP contribution in [0.15, 0.2) is 35.1 Å². The summed E-state index contributed by atoms with van der Waals surface area (Å²) in [7, 11) is 0. The molecule has 1 aliphatic rings. The summed E-state index contributed by atoms with van der Waals surface area (Å²) in [4.78, 5) is 27.9. The number of hydrogen-bond donors (Lipinski definition) is 0. The predicted molar refractivity (Wildman–Crippen MR) is 91.0 cm³/mol. The van der Waals surface area contributed by atoms with Crippen molar-refractivity contribution in [2.75, 3.05) is 0 Å². The molecule has 0 unspecified atom stereocenters. The predicted octanol–water partition coefficient (Wildman–Crippen LogP) is 4.53. The molecule has 0 aliphatic heterocycles. The molecule has 4 nitrogen and oxygen atoms in total. The van der Waals surface area contributed by atoms with E-state index in [0.29, 0.717) is 22.8 Å². The minimum absolute atomic E-state index is 0.0179. The first kappa shape index (κ1) is 18.6. The van der Waals surface area contributed by atoms with Crippen LogP contribution in [0.5, 0.6) is 0 Å². The zero-order valence-corrected chi connectivity index (χ0v) is 14.4. The van der Waals surface area contributed by atoms with Crippen LogP contribution in [-0.2, 0) is 0 Å². The van der Waals surface area contributed by atoms with Crippen molar-refractivity contribution in [3.8, 4) is 5.69 Å².